The third kappa shape index (κ3) is 4.10. The molecule has 2 N–H and O–H groups in total. The molecule has 0 aliphatic rings. The quantitative estimate of drug-likeness (QED) is 0.448. The van der Waals surface area contributed by atoms with Crippen molar-refractivity contribution < 1.29 is 25.9 Å². The highest BCUT2D eigenvalue weighted by molar-refractivity contribution is 8.25. The van der Waals surface area contributed by atoms with Crippen molar-refractivity contribution in [2.24, 2.45) is 0 Å². The Hall–Kier alpha value is -1.87. The summed E-state index contributed by atoms with van der Waals surface area (Å²) in [7, 11) is -8.89. The molecule has 0 radical (unpaired) electrons. The first-order chi connectivity index (χ1) is 13.0. The largest absolute Gasteiger partial charge is 0.294 e. The summed E-state index contributed by atoms with van der Waals surface area (Å²) in [6, 6.07) is 17.3. The molecule has 0 aromatic heterocycles. The lowest BCUT2D eigenvalue weighted by molar-refractivity contribution is 0.481. The van der Waals surface area contributed by atoms with Gasteiger partial charge in [-0.1, -0.05) is 66.4 Å². The zero-order valence-corrected chi connectivity index (χ0v) is 17.5. The van der Waals surface area contributed by atoms with E-state index in [1.807, 2.05) is 0 Å². The van der Waals surface area contributed by atoms with Crippen molar-refractivity contribution >= 4 is 54.0 Å². The Balaban J connectivity index is 2.35. The van der Waals surface area contributed by atoms with Crippen LogP contribution in [0.25, 0.3) is 0 Å². The lowest BCUT2D eigenvalue weighted by atomic mass is 10.3. The van der Waals surface area contributed by atoms with E-state index < -0.39 is 26.3 Å². The average Bonchev–Trinajstić information content (AvgIpc) is 2.67. The maximum Gasteiger partial charge on any atom is 0.294 e. The molecule has 0 aliphatic carbocycles. The van der Waals surface area contributed by atoms with Crippen LogP contribution in [0.1, 0.15) is 0 Å². The average molecular weight is 454 g/mol. The van der Waals surface area contributed by atoms with E-state index in [-0.39, 0.29) is 9.79 Å². The van der Waals surface area contributed by atoms with E-state index in [1.165, 1.54) is 36.4 Å². The van der Waals surface area contributed by atoms with Crippen molar-refractivity contribution in [3.05, 3.63) is 78.9 Å². The summed E-state index contributed by atoms with van der Waals surface area (Å²) < 4.78 is 65.2. The van der Waals surface area contributed by atoms with Gasteiger partial charge in [-0.25, -0.2) is 0 Å². The third-order valence-corrected chi connectivity index (χ3v) is 10.7. The first-order valence-electron chi connectivity index (χ1n) is 7.85. The van der Waals surface area contributed by atoms with Crippen molar-refractivity contribution in [2.45, 2.75) is 9.79 Å². The zero-order valence-electron chi connectivity index (χ0n) is 14.2. The highest BCUT2D eigenvalue weighted by Gasteiger charge is 2.27. The molecule has 0 spiro atoms. The molecule has 6 nitrogen and oxygen atoms in total. The summed E-state index contributed by atoms with van der Waals surface area (Å²) in [4.78, 5) is -0.609. The molecular weight excluding hydrogens is 439 g/mol. The molecular formula is C18H15O6PS3. The fourth-order valence-corrected chi connectivity index (χ4v) is 7.76. The summed E-state index contributed by atoms with van der Waals surface area (Å²) in [6.07, 6.45) is 0. The number of benzene rings is 3. The molecule has 0 bridgehead atoms. The minimum Gasteiger partial charge on any atom is -0.282 e. The van der Waals surface area contributed by atoms with Gasteiger partial charge in [-0.05, 0) is 40.2 Å². The smallest absolute Gasteiger partial charge is 0.282 e. The van der Waals surface area contributed by atoms with Gasteiger partial charge in [0.05, 0.1) is 9.79 Å². The molecule has 3 aromatic rings. The van der Waals surface area contributed by atoms with Crippen LogP contribution >= 0.6 is 6.04 Å². The minimum atomic E-state index is -4.45. The molecule has 0 unspecified atom stereocenters. The summed E-state index contributed by atoms with van der Waals surface area (Å²) in [6.45, 7) is 0. The standard InChI is InChI=1S/C18H15O6PS3/c19-27(20,21)17-10-4-8-15(12-17)25(26,14-6-2-1-3-7-14)16-9-5-11-18(13-16)28(22,23)24/h1-13H,(H,19,20,21)(H,22,23,24). The molecule has 0 fully saturated rings. The van der Waals surface area contributed by atoms with E-state index in [4.69, 9.17) is 11.8 Å². The van der Waals surface area contributed by atoms with E-state index in [0.29, 0.717) is 15.9 Å². The molecule has 3 rings (SSSR count). The maximum absolute atomic E-state index is 11.6. The molecule has 28 heavy (non-hydrogen) atoms. The summed E-state index contributed by atoms with van der Waals surface area (Å²) >= 11 is 6.02. The molecule has 146 valence electrons. The topological polar surface area (TPSA) is 109 Å². The lowest BCUT2D eigenvalue weighted by Crippen LogP contribution is -2.26. The van der Waals surface area contributed by atoms with Gasteiger partial charge in [0.2, 0.25) is 0 Å². The zero-order chi connectivity index (χ0) is 20.6. The highest BCUT2D eigenvalue weighted by Crippen LogP contribution is 2.43. The van der Waals surface area contributed by atoms with E-state index in [1.54, 1.807) is 42.5 Å². The molecule has 0 amide bonds. The second-order valence-electron chi connectivity index (χ2n) is 5.89. The van der Waals surface area contributed by atoms with Crippen LogP contribution < -0.4 is 15.9 Å². The van der Waals surface area contributed by atoms with Crippen molar-refractivity contribution in [1.29, 1.82) is 0 Å². The molecule has 10 heteroatoms. The van der Waals surface area contributed by atoms with E-state index >= 15 is 0 Å². The van der Waals surface area contributed by atoms with E-state index in [2.05, 4.69) is 0 Å². The van der Waals surface area contributed by atoms with Gasteiger partial charge in [0, 0.05) is 6.04 Å². The van der Waals surface area contributed by atoms with Crippen molar-refractivity contribution in [1.82, 2.24) is 0 Å². The Morgan fingerprint density at radius 1 is 0.607 bits per heavy atom. The predicted molar refractivity (Wildman–Crippen MR) is 112 cm³/mol. The Morgan fingerprint density at radius 2 is 1.00 bits per heavy atom. The van der Waals surface area contributed by atoms with Crippen molar-refractivity contribution in [3.8, 4) is 0 Å². The van der Waals surface area contributed by atoms with Gasteiger partial charge in [-0.2, -0.15) is 16.8 Å². The van der Waals surface area contributed by atoms with Gasteiger partial charge in [0.15, 0.2) is 0 Å². The first kappa shape index (κ1) is 20.9. The highest BCUT2D eigenvalue weighted by atomic mass is 32.4. The second kappa shape index (κ2) is 7.51. The number of hydrogen-bond acceptors (Lipinski definition) is 5. The fraction of sp³-hybridized carbons (Fsp3) is 0. The normalized spacial score (nSPS) is 12.6. The summed E-state index contributed by atoms with van der Waals surface area (Å²) in [5, 5.41) is 1.61. The van der Waals surface area contributed by atoms with Crippen LogP contribution in [0.5, 0.6) is 0 Å². The Labute approximate surface area is 168 Å². The van der Waals surface area contributed by atoms with Crippen LogP contribution in [0, 0.1) is 0 Å². The molecule has 0 saturated heterocycles. The van der Waals surface area contributed by atoms with Gasteiger partial charge in [0.25, 0.3) is 20.2 Å². The monoisotopic (exact) mass is 454 g/mol. The Kier molecular flexibility index (Phi) is 5.60. The first-order valence-corrected chi connectivity index (χ1v) is 13.5. The van der Waals surface area contributed by atoms with Gasteiger partial charge < -0.3 is 0 Å². The van der Waals surface area contributed by atoms with Crippen LogP contribution in [0.4, 0.5) is 0 Å². The van der Waals surface area contributed by atoms with Gasteiger partial charge in [-0.3, -0.25) is 9.11 Å². The minimum absolute atomic E-state index is 0.305. The third-order valence-electron chi connectivity index (χ3n) is 4.08. The van der Waals surface area contributed by atoms with E-state index in [9.17, 15) is 25.9 Å². The molecule has 0 heterocycles. The fourth-order valence-electron chi connectivity index (χ4n) is 2.76. The van der Waals surface area contributed by atoms with Crippen LogP contribution in [-0.2, 0) is 32.0 Å². The van der Waals surface area contributed by atoms with Crippen LogP contribution in [0.3, 0.4) is 0 Å². The number of rotatable bonds is 5. The summed E-state index contributed by atoms with van der Waals surface area (Å²) in [5.41, 5.74) is 0. The second-order valence-corrected chi connectivity index (χ2v) is 13.1. The SMILES string of the molecule is O=S(=O)(O)c1cccc(P(=S)(c2ccccc2)c2cccc(S(=O)(=O)O)c2)c1. The van der Waals surface area contributed by atoms with Crippen molar-refractivity contribution in [3.63, 3.8) is 0 Å². The van der Waals surface area contributed by atoms with Gasteiger partial charge in [0.1, 0.15) is 0 Å². The summed E-state index contributed by atoms with van der Waals surface area (Å²) in [5.74, 6) is 0. The molecule has 0 aliphatic heterocycles. The molecule has 3 aromatic carbocycles. The van der Waals surface area contributed by atoms with E-state index in [0.717, 1.165) is 0 Å². The van der Waals surface area contributed by atoms with Crippen LogP contribution in [-0.4, -0.2) is 25.9 Å². The molecule has 0 saturated carbocycles. The predicted octanol–water partition coefficient (Wildman–Crippen LogP) is 1.94. The van der Waals surface area contributed by atoms with Crippen molar-refractivity contribution in [2.75, 3.05) is 0 Å². The van der Waals surface area contributed by atoms with Crippen LogP contribution in [0.15, 0.2) is 88.7 Å². The van der Waals surface area contributed by atoms with Gasteiger partial charge in [-0.15, -0.1) is 0 Å². The Morgan fingerprint density at radius 3 is 1.39 bits per heavy atom. The molecule has 0 atom stereocenters. The van der Waals surface area contributed by atoms with Crippen LogP contribution in [0.2, 0.25) is 0 Å². The maximum atomic E-state index is 11.6. The van der Waals surface area contributed by atoms with Gasteiger partial charge >= 0.3 is 0 Å². The number of hydrogen-bond donors (Lipinski definition) is 2. The lowest BCUT2D eigenvalue weighted by Gasteiger charge is -2.24. The Bertz CT molecular complexity index is 1210.